The van der Waals surface area contributed by atoms with E-state index < -0.39 is 60.1 Å². The molecular formula is C27H28F4N2O6. The van der Waals surface area contributed by atoms with E-state index in [-0.39, 0.29) is 34.8 Å². The van der Waals surface area contributed by atoms with Gasteiger partial charge in [0.1, 0.15) is 30.2 Å². The Hall–Kier alpha value is -4.09. The van der Waals surface area contributed by atoms with Crippen molar-refractivity contribution in [2.75, 3.05) is 25.1 Å². The topological polar surface area (TPSA) is 85.4 Å². The van der Waals surface area contributed by atoms with Gasteiger partial charge in [0.2, 0.25) is 0 Å². The third kappa shape index (κ3) is 7.06. The van der Waals surface area contributed by atoms with E-state index in [1.807, 2.05) is 0 Å². The van der Waals surface area contributed by atoms with Gasteiger partial charge in [-0.15, -0.1) is 0 Å². The molecule has 0 saturated heterocycles. The normalized spacial score (nSPS) is 13.4. The molecular weight excluding hydrogens is 524 g/mol. The van der Waals surface area contributed by atoms with Crippen molar-refractivity contribution in [3.8, 4) is 5.75 Å². The average molecular weight is 553 g/mol. The van der Waals surface area contributed by atoms with Gasteiger partial charge in [-0.05, 0) is 43.5 Å². The molecule has 0 fully saturated rings. The summed E-state index contributed by atoms with van der Waals surface area (Å²) in [5.41, 5.74) is -0.942. The largest absolute Gasteiger partial charge is 0.487 e. The van der Waals surface area contributed by atoms with Crippen LogP contribution in [0.3, 0.4) is 0 Å². The van der Waals surface area contributed by atoms with Gasteiger partial charge in [-0.2, -0.15) is 13.2 Å². The van der Waals surface area contributed by atoms with Gasteiger partial charge in [0.25, 0.3) is 0 Å². The van der Waals surface area contributed by atoms with Crippen LogP contribution in [0, 0.1) is 5.82 Å². The number of fused-ring (bicyclic) bond motifs is 1. The molecule has 0 N–H and O–H groups in total. The first-order chi connectivity index (χ1) is 18.1. The first-order valence-electron chi connectivity index (χ1n) is 11.8. The SMILES string of the molecule is C=C1CN(C(=O)OC(C)(C)C)Cc2c1cc(OCc1ccccc1)c(N(CC(=O)OC)C(=O)C(F)(F)F)c2F. The van der Waals surface area contributed by atoms with E-state index in [9.17, 15) is 27.6 Å². The zero-order chi connectivity index (χ0) is 29.1. The molecule has 0 aromatic heterocycles. The first kappa shape index (κ1) is 29.5. The minimum Gasteiger partial charge on any atom is -0.487 e. The van der Waals surface area contributed by atoms with Gasteiger partial charge in [0, 0.05) is 12.1 Å². The molecule has 0 radical (unpaired) electrons. The number of ether oxygens (including phenoxy) is 3. The van der Waals surface area contributed by atoms with Crippen LogP contribution in [0.4, 0.5) is 28.0 Å². The Balaban J connectivity index is 2.17. The van der Waals surface area contributed by atoms with Crippen LogP contribution in [0.1, 0.15) is 37.5 Å². The van der Waals surface area contributed by atoms with Crippen molar-refractivity contribution in [2.45, 2.75) is 45.7 Å². The number of esters is 1. The highest BCUT2D eigenvalue weighted by Crippen LogP contribution is 2.42. The lowest BCUT2D eigenvalue weighted by molar-refractivity contribution is -0.171. The number of nitrogens with zero attached hydrogens (tertiary/aromatic N) is 2. The van der Waals surface area contributed by atoms with Crippen molar-refractivity contribution in [2.24, 2.45) is 0 Å². The number of anilines is 1. The molecule has 0 saturated carbocycles. The van der Waals surface area contributed by atoms with E-state index in [0.29, 0.717) is 5.56 Å². The summed E-state index contributed by atoms with van der Waals surface area (Å²) >= 11 is 0. The maximum absolute atomic E-state index is 16.2. The van der Waals surface area contributed by atoms with Gasteiger partial charge in [-0.25, -0.2) is 9.18 Å². The highest BCUT2D eigenvalue weighted by atomic mass is 19.4. The molecule has 1 aliphatic rings. The minimum atomic E-state index is -5.46. The number of carbonyl (C=O) groups excluding carboxylic acids is 3. The molecule has 0 unspecified atom stereocenters. The van der Waals surface area contributed by atoms with E-state index in [2.05, 4.69) is 11.3 Å². The van der Waals surface area contributed by atoms with Crippen LogP contribution in [0.15, 0.2) is 43.0 Å². The molecule has 1 heterocycles. The highest BCUT2D eigenvalue weighted by molar-refractivity contribution is 6.02. The van der Waals surface area contributed by atoms with Crippen molar-refractivity contribution in [3.63, 3.8) is 0 Å². The van der Waals surface area contributed by atoms with Gasteiger partial charge in [0.05, 0.1) is 13.7 Å². The van der Waals surface area contributed by atoms with Crippen LogP contribution in [-0.2, 0) is 32.2 Å². The summed E-state index contributed by atoms with van der Waals surface area (Å²) < 4.78 is 72.5. The molecule has 0 atom stereocenters. The van der Waals surface area contributed by atoms with Crippen molar-refractivity contribution in [1.29, 1.82) is 0 Å². The molecule has 12 heteroatoms. The standard InChI is InChI=1S/C27H28F4N2O6/c1-16-12-32(25(36)39-26(2,3)4)13-19-18(16)11-20(38-15-17-9-7-6-8-10-17)23(22(19)28)33(14-21(34)37-5)24(35)27(29,30)31/h6-11H,1,12-15H2,2-5H3. The molecule has 3 rings (SSSR count). The maximum atomic E-state index is 16.2. The zero-order valence-corrected chi connectivity index (χ0v) is 21.9. The maximum Gasteiger partial charge on any atom is 0.471 e. The highest BCUT2D eigenvalue weighted by Gasteiger charge is 2.46. The Kier molecular flexibility index (Phi) is 8.57. The Bertz CT molecular complexity index is 1270. The van der Waals surface area contributed by atoms with Gasteiger partial charge >= 0.3 is 24.1 Å². The summed E-state index contributed by atoms with van der Waals surface area (Å²) in [7, 11) is 0.914. The van der Waals surface area contributed by atoms with Gasteiger partial charge in [-0.3, -0.25) is 19.4 Å². The summed E-state index contributed by atoms with van der Waals surface area (Å²) in [5, 5.41) is 0. The smallest absolute Gasteiger partial charge is 0.471 e. The summed E-state index contributed by atoms with van der Waals surface area (Å²) in [6, 6.07) is 9.76. The molecule has 2 aromatic carbocycles. The average Bonchev–Trinajstić information content (AvgIpc) is 2.85. The number of hydrogen-bond acceptors (Lipinski definition) is 6. The number of carbonyl (C=O) groups is 3. The summed E-state index contributed by atoms with van der Waals surface area (Å²) in [6.45, 7) is 6.93. The van der Waals surface area contributed by atoms with E-state index in [1.54, 1.807) is 51.1 Å². The lowest BCUT2D eigenvalue weighted by Gasteiger charge is -2.34. The van der Waals surface area contributed by atoms with Crippen LogP contribution >= 0.6 is 0 Å². The predicted molar refractivity (Wildman–Crippen MR) is 133 cm³/mol. The molecule has 8 nitrogen and oxygen atoms in total. The van der Waals surface area contributed by atoms with Crippen molar-refractivity contribution in [1.82, 2.24) is 4.90 Å². The van der Waals surface area contributed by atoms with Gasteiger partial charge < -0.3 is 14.2 Å². The quantitative estimate of drug-likeness (QED) is 0.360. The second kappa shape index (κ2) is 11.3. The second-order valence-corrected chi connectivity index (χ2v) is 9.74. The van der Waals surface area contributed by atoms with Crippen LogP contribution in [0.2, 0.25) is 0 Å². The number of halogens is 4. The van der Waals surface area contributed by atoms with Gasteiger partial charge in [-0.1, -0.05) is 36.9 Å². The monoisotopic (exact) mass is 552 g/mol. The molecule has 0 spiro atoms. The fraction of sp³-hybridized carbons (Fsp3) is 0.370. The van der Waals surface area contributed by atoms with Crippen LogP contribution < -0.4 is 9.64 Å². The minimum absolute atomic E-state index is 0.0494. The number of amides is 2. The third-order valence-electron chi connectivity index (χ3n) is 5.58. The van der Waals surface area contributed by atoms with E-state index in [0.717, 1.165) is 12.0 Å². The number of hydrogen-bond donors (Lipinski definition) is 0. The summed E-state index contributed by atoms with van der Waals surface area (Å²) in [6.07, 6.45) is -6.25. The van der Waals surface area contributed by atoms with Crippen molar-refractivity contribution < 1.29 is 46.2 Å². The van der Waals surface area contributed by atoms with Crippen LogP contribution in [0.25, 0.3) is 5.57 Å². The van der Waals surface area contributed by atoms with E-state index in [4.69, 9.17) is 9.47 Å². The fourth-order valence-electron chi connectivity index (χ4n) is 3.84. The Labute approximate surface area is 222 Å². The number of benzene rings is 2. The number of alkyl halides is 3. The third-order valence-corrected chi connectivity index (χ3v) is 5.58. The lowest BCUT2D eigenvalue weighted by Crippen LogP contribution is -2.45. The molecule has 1 aliphatic heterocycles. The summed E-state index contributed by atoms with van der Waals surface area (Å²) in [5.74, 6) is -5.44. The first-order valence-corrected chi connectivity index (χ1v) is 11.8. The molecule has 210 valence electrons. The predicted octanol–water partition coefficient (Wildman–Crippen LogP) is 5.24. The van der Waals surface area contributed by atoms with Gasteiger partial charge in [0.15, 0.2) is 5.82 Å². The molecule has 0 aliphatic carbocycles. The Morgan fingerprint density at radius 3 is 2.28 bits per heavy atom. The second-order valence-electron chi connectivity index (χ2n) is 9.74. The lowest BCUT2D eigenvalue weighted by atomic mass is 9.94. The van der Waals surface area contributed by atoms with Crippen molar-refractivity contribution >= 4 is 29.2 Å². The molecule has 2 aromatic rings. The Morgan fingerprint density at radius 2 is 1.72 bits per heavy atom. The van der Waals surface area contributed by atoms with E-state index in [1.165, 1.54) is 6.07 Å². The van der Waals surface area contributed by atoms with Crippen LogP contribution in [-0.4, -0.2) is 54.8 Å². The molecule has 2 amide bonds. The number of methoxy groups -OCH3 is 1. The fourth-order valence-corrected chi connectivity index (χ4v) is 3.84. The van der Waals surface area contributed by atoms with Crippen molar-refractivity contribution in [3.05, 3.63) is 65.5 Å². The molecule has 0 bridgehead atoms. The van der Waals surface area contributed by atoms with E-state index >= 15 is 4.39 Å². The van der Waals surface area contributed by atoms with Crippen LogP contribution in [0.5, 0.6) is 5.75 Å². The molecule has 39 heavy (non-hydrogen) atoms. The Morgan fingerprint density at radius 1 is 1.08 bits per heavy atom. The number of rotatable bonds is 6. The zero-order valence-electron chi connectivity index (χ0n) is 21.9. The summed E-state index contributed by atoms with van der Waals surface area (Å²) in [4.78, 5) is 38.2.